The zero-order valence-electron chi connectivity index (χ0n) is 10.4. The summed E-state index contributed by atoms with van der Waals surface area (Å²) in [6.07, 6.45) is -4.45. The Morgan fingerprint density at radius 2 is 1.89 bits per heavy atom. The third kappa shape index (κ3) is 4.78. The van der Waals surface area contributed by atoms with Crippen LogP contribution in [0.25, 0.3) is 0 Å². The molecule has 0 aliphatic heterocycles. The SMILES string of the molecule is COc1ccc(C(=O)COCC(F)(F)F)c(OC)c1. The van der Waals surface area contributed by atoms with E-state index in [1.165, 1.54) is 32.4 Å². The summed E-state index contributed by atoms with van der Waals surface area (Å²) >= 11 is 0. The minimum atomic E-state index is -4.45. The molecule has 7 heteroatoms. The van der Waals surface area contributed by atoms with Gasteiger partial charge in [-0.3, -0.25) is 4.79 Å². The number of benzene rings is 1. The summed E-state index contributed by atoms with van der Waals surface area (Å²) in [5.74, 6) is 0.105. The van der Waals surface area contributed by atoms with Crippen molar-refractivity contribution in [3.05, 3.63) is 23.8 Å². The maximum atomic E-state index is 11.9. The molecule has 0 heterocycles. The summed E-state index contributed by atoms with van der Waals surface area (Å²) in [5.41, 5.74) is 0.144. The van der Waals surface area contributed by atoms with Crippen LogP contribution in [-0.4, -0.2) is 39.4 Å². The first kappa shape index (κ1) is 15.3. The molecule has 0 saturated heterocycles. The summed E-state index contributed by atoms with van der Waals surface area (Å²) in [7, 11) is 2.80. The molecule has 0 N–H and O–H groups in total. The number of ketones is 1. The van der Waals surface area contributed by atoms with Gasteiger partial charge >= 0.3 is 6.18 Å². The Balaban J connectivity index is 2.71. The monoisotopic (exact) mass is 278 g/mol. The fourth-order valence-corrected chi connectivity index (χ4v) is 1.37. The molecule has 1 rings (SSSR count). The van der Waals surface area contributed by atoms with Crippen molar-refractivity contribution in [3.63, 3.8) is 0 Å². The Labute approximate surface area is 108 Å². The minimum Gasteiger partial charge on any atom is -0.497 e. The van der Waals surface area contributed by atoms with Gasteiger partial charge in [-0.1, -0.05) is 0 Å². The van der Waals surface area contributed by atoms with E-state index in [2.05, 4.69) is 4.74 Å². The van der Waals surface area contributed by atoms with Crippen molar-refractivity contribution in [1.29, 1.82) is 0 Å². The summed E-state index contributed by atoms with van der Waals surface area (Å²) in [4.78, 5) is 11.7. The second-order valence-corrected chi connectivity index (χ2v) is 3.60. The third-order valence-electron chi connectivity index (χ3n) is 2.21. The molecular weight excluding hydrogens is 265 g/mol. The van der Waals surface area contributed by atoms with Crippen molar-refractivity contribution in [3.8, 4) is 11.5 Å². The van der Waals surface area contributed by atoms with Crippen molar-refractivity contribution in [2.45, 2.75) is 6.18 Å². The van der Waals surface area contributed by atoms with Gasteiger partial charge in [-0.05, 0) is 12.1 Å². The highest BCUT2D eigenvalue weighted by Gasteiger charge is 2.28. The van der Waals surface area contributed by atoms with E-state index >= 15 is 0 Å². The first-order valence-corrected chi connectivity index (χ1v) is 5.27. The number of carbonyl (C=O) groups excluding carboxylic acids is 1. The van der Waals surface area contributed by atoms with Gasteiger partial charge in [0.25, 0.3) is 0 Å². The smallest absolute Gasteiger partial charge is 0.411 e. The van der Waals surface area contributed by atoms with Gasteiger partial charge in [-0.15, -0.1) is 0 Å². The van der Waals surface area contributed by atoms with Crippen LogP contribution in [0.5, 0.6) is 11.5 Å². The lowest BCUT2D eigenvalue weighted by atomic mass is 10.1. The number of methoxy groups -OCH3 is 2. The molecular formula is C12H13F3O4. The standard InChI is InChI=1S/C12H13F3O4/c1-17-8-3-4-9(11(5-8)18-2)10(16)6-19-7-12(13,14)15/h3-5H,6-7H2,1-2H3. The van der Waals surface area contributed by atoms with Crippen LogP contribution in [0.15, 0.2) is 18.2 Å². The van der Waals surface area contributed by atoms with Crippen LogP contribution in [0.3, 0.4) is 0 Å². The van der Waals surface area contributed by atoms with Crippen molar-refractivity contribution < 1.29 is 32.2 Å². The lowest BCUT2D eigenvalue weighted by Gasteiger charge is -2.10. The number of alkyl halides is 3. The van der Waals surface area contributed by atoms with Crippen LogP contribution < -0.4 is 9.47 Å². The van der Waals surface area contributed by atoms with Gasteiger partial charge in [-0.2, -0.15) is 13.2 Å². The molecule has 0 amide bonds. The lowest BCUT2D eigenvalue weighted by molar-refractivity contribution is -0.170. The van der Waals surface area contributed by atoms with Crippen LogP contribution in [0, 0.1) is 0 Å². The summed E-state index contributed by atoms with van der Waals surface area (Å²) in [6.45, 7) is -2.13. The first-order valence-electron chi connectivity index (χ1n) is 5.27. The molecule has 0 aliphatic rings. The third-order valence-corrected chi connectivity index (χ3v) is 2.21. The molecule has 0 fully saturated rings. The molecule has 106 valence electrons. The fourth-order valence-electron chi connectivity index (χ4n) is 1.37. The maximum absolute atomic E-state index is 11.9. The number of hydrogen-bond donors (Lipinski definition) is 0. The number of rotatable bonds is 6. The Bertz CT molecular complexity index is 443. The average molecular weight is 278 g/mol. The molecule has 1 aromatic rings. The van der Waals surface area contributed by atoms with Gasteiger partial charge < -0.3 is 14.2 Å². The van der Waals surface area contributed by atoms with Gasteiger partial charge in [0, 0.05) is 6.07 Å². The van der Waals surface area contributed by atoms with Crippen LogP contribution in [-0.2, 0) is 4.74 Å². The second kappa shape index (κ2) is 6.42. The highest BCUT2D eigenvalue weighted by atomic mass is 19.4. The normalized spacial score (nSPS) is 11.2. The molecule has 0 unspecified atom stereocenters. The van der Waals surface area contributed by atoms with Crippen molar-refractivity contribution in [2.75, 3.05) is 27.4 Å². The molecule has 0 aliphatic carbocycles. The predicted octanol–water partition coefficient (Wildman–Crippen LogP) is 2.47. The van der Waals surface area contributed by atoms with Crippen LogP contribution in [0.1, 0.15) is 10.4 Å². The Kier molecular flexibility index (Phi) is 5.17. The molecule has 19 heavy (non-hydrogen) atoms. The molecule has 0 saturated carbocycles. The van der Waals surface area contributed by atoms with E-state index in [9.17, 15) is 18.0 Å². The zero-order chi connectivity index (χ0) is 14.5. The van der Waals surface area contributed by atoms with Gasteiger partial charge in [0.15, 0.2) is 5.78 Å². The number of ether oxygens (including phenoxy) is 3. The topological polar surface area (TPSA) is 44.8 Å². The fraction of sp³-hybridized carbons (Fsp3) is 0.417. The van der Waals surface area contributed by atoms with Crippen molar-refractivity contribution in [1.82, 2.24) is 0 Å². The van der Waals surface area contributed by atoms with E-state index in [-0.39, 0.29) is 11.3 Å². The maximum Gasteiger partial charge on any atom is 0.411 e. The molecule has 0 atom stereocenters. The average Bonchev–Trinajstić information content (AvgIpc) is 2.36. The van der Waals surface area contributed by atoms with Crippen molar-refractivity contribution >= 4 is 5.78 Å². The summed E-state index contributed by atoms with van der Waals surface area (Å²) in [5, 5.41) is 0. The molecule has 0 aromatic heterocycles. The zero-order valence-corrected chi connectivity index (χ0v) is 10.4. The lowest BCUT2D eigenvalue weighted by Crippen LogP contribution is -2.20. The molecule has 4 nitrogen and oxygen atoms in total. The Hall–Kier alpha value is -1.76. The van der Waals surface area contributed by atoms with E-state index in [4.69, 9.17) is 9.47 Å². The summed E-state index contributed by atoms with van der Waals surface area (Å²) < 4.78 is 49.9. The Morgan fingerprint density at radius 1 is 1.21 bits per heavy atom. The second-order valence-electron chi connectivity index (χ2n) is 3.60. The van der Waals surface area contributed by atoms with E-state index in [1.807, 2.05) is 0 Å². The number of Topliss-reactive ketones (excluding diaryl/α,β-unsaturated/α-hetero) is 1. The van der Waals surface area contributed by atoms with Crippen LogP contribution >= 0.6 is 0 Å². The Morgan fingerprint density at radius 3 is 2.42 bits per heavy atom. The molecule has 0 bridgehead atoms. The van der Waals surface area contributed by atoms with Crippen LogP contribution in [0.2, 0.25) is 0 Å². The number of carbonyl (C=O) groups is 1. The summed E-state index contributed by atoms with van der Waals surface area (Å²) in [6, 6.07) is 4.40. The van der Waals surface area contributed by atoms with E-state index in [0.717, 1.165) is 0 Å². The highest BCUT2D eigenvalue weighted by Crippen LogP contribution is 2.25. The van der Waals surface area contributed by atoms with E-state index < -0.39 is 25.2 Å². The minimum absolute atomic E-state index is 0.144. The molecule has 0 radical (unpaired) electrons. The quantitative estimate of drug-likeness (QED) is 0.750. The van der Waals surface area contributed by atoms with E-state index in [1.54, 1.807) is 0 Å². The van der Waals surface area contributed by atoms with Crippen LogP contribution in [0.4, 0.5) is 13.2 Å². The largest absolute Gasteiger partial charge is 0.497 e. The van der Waals surface area contributed by atoms with Gasteiger partial charge in [0.1, 0.15) is 24.7 Å². The number of hydrogen-bond acceptors (Lipinski definition) is 4. The van der Waals surface area contributed by atoms with Crippen molar-refractivity contribution in [2.24, 2.45) is 0 Å². The van der Waals surface area contributed by atoms with Gasteiger partial charge in [0.05, 0.1) is 19.8 Å². The predicted molar refractivity (Wildman–Crippen MR) is 60.8 cm³/mol. The number of halogens is 3. The first-order chi connectivity index (χ1) is 8.87. The highest BCUT2D eigenvalue weighted by molar-refractivity contribution is 5.99. The molecule has 1 aromatic carbocycles. The van der Waals surface area contributed by atoms with Gasteiger partial charge in [-0.25, -0.2) is 0 Å². The van der Waals surface area contributed by atoms with Gasteiger partial charge in [0.2, 0.25) is 0 Å². The molecule has 0 spiro atoms. The van der Waals surface area contributed by atoms with E-state index in [0.29, 0.717) is 5.75 Å².